The topological polar surface area (TPSA) is 92.9 Å². The zero-order valence-electron chi connectivity index (χ0n) is 13.1. The number of nitrogens with one attached hydrogen (secondary N) is 1. The van der Waals surface area contributed by atoms with Crippen molar-refractivity contribution >= 4 is 11.8 Å². The van der Waals surface area contributed by atoms with E-state index in [1.807, 2.05) is 26.8 Å². The predicted molar refractivity (Wildman–Crippen MR) is 83.2 cm³/mol. The van der Waals surface area contributed by atoms with Crippen LogP contribution in [0, 0.1) is 13.8 Å². The maximum atomic E-state index is 11.3. The van der Waals surface area contributed by atoms with Crippen LogP contribution in [0.4, 0.5) is 5.82 Å². The minimum atomic E-state index is -0.883. The van der Waals surface area contributed by atoms with Crippen LogP contribution in [0.15, 0.2) is 18.5 Å². The standard InChI is InChI=1S/C15H21N5O2/c1-4-5-6-12(15(21)22)17-13-8-16-9-14(18-13)20-11(3)7-10(2)19-20/h7-9,12H,4-6H2,1-3H3,(H,17,18)(H,21,22). The Morgan fingerprint density at radius 1 is 1.41 bits per heavy atom. The van der Waals surface area contributed by atoms with E-state index in [-0.39, 0.29) is 0 Å². The first-order valence-corrected chi connectivity index (χ1v) is 7.36. The molecule has 0 aliphatic heterocycles. The van der Waals surface area contributed by atoms with Crippen molar-refractivity contribution in [3.05, 3.63) is 29.8 Å². The van der Waals surface area contributed by atoms with E-state index in [9.17, 15) is 9.90 Å². The van der Waals surface area contributed by atoms with Crippen molar-refractivity contribution in [1.82, 2.24) is 19.7 Å². The average molecular weight is 303 g/mol. The van der Waals surface area contributed by atoms with Crippen LogP contribution in [0.5, 0.6) is 0 Å². The molecule has 7 nitrogen and oxygen atoms in total. The summed E-state index contributed by atoms with van der Waals surface area (Å²) in [4.78, 5) is 19.8. The van der Waals surface area contributed by atoms with Crippen LogP contribution in [-0.4, -0.2) is 36.9 Å². The maximum absolute atomic E-state index is 11.3. The Morgan fingerprint density at radius 2 is 2.18 bits per heavy atom. The van der Waals surface area contributed by atoms with Gasteiger partial charge in [0.05, 0.1) is 18.1 Å². The lowest BCUT2D eigenvalue weighted by atomic mass is 10.1. The summed E-state index contributed by atoms with van der Waals surface area (Å²) in [6, 6.07) is 1.29. The normalized spacial score (nSPS) is 12.1. The number of unbranched alkanes of at least 4 members (excludes halogenated alkanes) is 1. The van der Waals surface area contributed by atoms with Crippen LogP contribution in [0.2, 0.25) is 0 Å². The number of anilines is 1. The minimum absolute atomic E-state index is 0.438. The molecule has 2 aromatic heterocycles. The molecule has 0 spiro atoms. The Kier molecular flexibility index (Phi) is 5.08. The van der Waals surface area contributed by atoms with E-state index in [4.69, 9.17) is 0 Å². The molecule has 0 aromatic carbocycles. The Balaban J connectivity index is 2.20. The van der Waals surface area contributed by atoms with Crippen molar-refractivity contribution in [1.29, 1.82) is 0 Å². The van der Waals surface area contributed by atoms with E-state index in [1.54, 1.807) is 10.9 Å². The van der Waals surface area contributed by atoms with Crippen LogP contribution in [0.1, 0.15) is 37.6 Å². The number of aliphatic carboxylic acids is 1. The summed E-state index contributed by atoms with van der Waals surface area (Å²) in [7, 11) is 0. The lowest BCUT2D eigenvalue weighted by Crippen LogP contribution is -2.29. The summed E-state index contributed by atoms with van der Waals surface area (Å²) >= 11 is 0. The molecule has 0 saturated carbocycles. The molecule has 0 aliphatic rings. The highest BCUT2D eigenvalue weighted by molar-refractivity contribution is 5.76. The first kappa shape index (κ1) is 15.9. The molecule has 0 fully saturated rings. The Morgan fingerprint density at radius 3 is 2.77 bits per heavy atom. The number of carboxylic acid groups (broad SMARTS) is 1. The highest BCUT2D eigenvalue weighted by atomic mass is 16.4. The van der Waals surface area contributed by atoms with Gasteiger partial charge in [0.15, 0.2) is 5.82 Å². The summed E-state index contributed by atoms with van der Waals surface area (Å²) in [6.45, 7) is 5.87. The van der Waals surface area contributed by atoms with Crippen LogP contribution < -0.4 is 5.32 Å². The molecule has 118 valence electrons. The van der Waals surface area contributed by atoms with E-state index >= 15 is 0 Å². The molecule has 0 bridgehead atoms. The van der Waals surface area contributed by atoms with Gasteiger partial charge in [0.25, 0.3) is 0 Å². The molecule has 0 radical (unpaired) electrons. The summed E-state index contributed by atoms with van der Waals surface area (Å²) in [5.41, 5.74) is 1.84. The second-order valence-electron chi connectivity index (χ2n) is 5.28. The maximum Gasteiger partial charge on any atom is 0.326 e. The molecular formula is C15H21N5O2. The van der Waals surface area contributed by atoms with E-state index in [0.717, 1.165) is 24.2 Å². The number of aryl methyl sites for hydroxylation is 2. The van der Waals surface area contributed by atoms with E-state index in [0.29, 0.717) is 18.1 Å². The fourth-order valence-electron chi connectivity index (χ4n) is 2.23. The average Bonchev–Trinajstić information content (AvgIpc) is 2.82. The molecular weight excluding hydrogens is 282 g/mol. The molecule has 2 N–H and O–H groups in total. The zero-order chi connectivity index (χ0) is 16.1. The van der Waals surface area contributed by atoms with Crippen molar-refractivity contribution in [2.75, 3.05) is 5.32 Å². The predicted octanol–water partition coefficient (Wildman–Crippen LogP) is 2.33. The third-order valence-electron chi connectivity index (χ3n) is 3.31. The quantitative estimate of drug-likeness (QED) is 0.815. The van der Waals surface area contributed by atoms with Crippen molar-refractivity contribution in [2.24, 2.45) is 0 Å². The third-order valence-corrected chi connectivity index (χ3v) is 3.31. The fourth-order valence-corrected chi connectivity index (χ4v) is 2.23. The summed E-state index contributed by atoms with van der Waals surface area (Å²) in [5.74, 6) is 0.121. The summed E-state index contributed by atoms with van der Waals surface area (Å²) in [5, 5.41) is 16.6. The number of carboxylic acids is 1. The molecule has 2 aromatic rings. The number of rotatable bonds is 7. The Labute approximate surface area is 129 Å². The first-order chi connectivity index (χ1) is 10.5. The van der Waals surface area contributed by atoms with Crippen LogP contribution in [0.3, 0.4) is 0 Å². The molecule has 22 heavy (non-hydrogen) atoms. The highest BCUT2D eigenvalue weighted by Crippen LogP contribution is 2.13. The van der Waals surface area contributed by atoms with Gasteiger partial charge in [-0.25, -0.2) is 14.5 Å². The number of hydrogen-bond donors (Lipinski definition) is 2. The Hall–Kier alpha value is -2.44. The first-order valence-electron chi connectivity index (χ1n) is 7.36. The van der Waals surface area contributed by atoms with Gasteiger partial charge in [-0.05, 0) is 26.3 Å². The molecule has 1 atom stereocenters. The van der Waals surface area contributed by atoms with E-state index < -0.39 is 12.0 Å². The van der Waals surface area contributed by atoms with Crippen LogP contribution in [0.25, 0.3) is 5.82 Å². The second-order valence-corrected chi connectivity index (χ2v) is 5.28. The molecule has 0 amide bonds. The number of carbonyl (C=O) groups is 1. The van der Waals surface area contributed by atoms with Crippen molar-refractivity contribution in [3.8, 4) is 5.82 Å². The minimum Gasteiger partial charge on any atom is -0.480 e. The Bertz CT molecular complexity index is 653. The van der Waals surface area contributed by atoms with Gasteiger partial charge in [0.2, 0.25) is 0 Å². The zero-order valence-corrected chi connectivity index (χ0v) is 13.1. The largest absolute Gasteiger partial charge is 0.480 e. The smallest absolute Gasteiger partial charge is 0.326 e. The van der Waals surface area contributed by atoms with Gasteiger partial charge < -0.3 is 10.4 Å². The van der Waals surface area contributed by atoms with Gasteiger partial charge in [0.1, 0.15) is 11.9 Å². The lowest BCUT2D eigenvalue weighted by molar-refractivity contribution is -0.138. The van der Waals surface area contributed by atoms with Gasteiger partial charge in [-0.2, -0.15) is 5.10 Å². The molecule has 2 heterocycles. The van der Waals surface area contributed by atoms with Crippen molar-refractivity contribution in [3.63, 3.8) is 0 Å². The molecule has 2 rings (SSSR count). The van der Waals surface area contributed by atoms with Gasteiger partial charge in [0, 0.05) is 5.69 Å². The SMILES string of the molecule is CCCCC(Nc1cncc(-n2nc(C)cc2C)n1)C(=O)O. The lowest BCUT2D eigenvalue weighted by Gasteiger charge is -2.15. The van der Waals surface area contributed by atoms with Gasteiger partial charge in [-0.3, -0.25) is 4.98 Å². The van der Waals surface area contributed by atoms with Crippen molar-refractivity contribution in [2.45, 2.75) is 46.1 Å². The monoisotopic (exact) mass is 303 g/mol. The van der Waals surface area contributed by atoms with E-state index in [2.05, 4.69) is 20.4 Å². The summed E-state index contributed by atoms with van der Waals surface area (Å²) in [6.07, 6.45) is 5.47. The second kappa shape index (κ2) is 7.02. The highest BCUT2D eigenvalue weighted by Gasteiger charge is 2.17. The van der Waals surface area contributed by atoms with Crippen molar-refractivity contribution < 1.29 is 9.90 Å². The number of aromatic nitrogens is 4. The molecule has 0 aliphatic carbocycles. The molecule has 7 heteroatoms. The molecule has 0 saturated heterocycles. The van der Waals surface area contributed by atoms with Crippen LogP contribution in [-0.2, 0) is 4.79 Å². The number of hydrogen-bond acceptors (Lipinski definition) is 5. The summed E-state index contributed by atoms with van der Waals surface area (Å²) < 4.78 is 1.69. The third kappa shape index (κ3) is 3.81. The number of nitrogens with zero attached hydrogens (tertiary/aromatic N) is 4. The van der Waals surface area contributed by atoms with Gasteiger partial charge >= 0.3 is 5.97 Å². The van der Waals surface area contributed by atoms with Crippen LogP contribution >= 0.6 is 0 Å². The van der Waals surface area contributed by atoms with E-state index in [1.165, 1.54) is 6.20 Å². The fraction of sp³-hybridized carbons (Fsp3) is 0.467. The molecule has 1 unspecified atom stereocenters. The van der Waals surface area contributed by atoms with Gasteiger partial charge in [-0.1, -0.05) is 19.8 Å². The van der Waals surface area contributed by atoms with Gasteiger partial charge in [-0.15, -0.1) is 0 Å².